The Morgan fingerprint density at radius 3 is 2.65 bits per heavy atom. The van der Waals surface area contributed by atoms with Gasteiger partial charge in [-0.25, -0.2) is 4.98 Å². The molecule has 1 N–H and O–H groups in total. The maximum Gasteiger partial charge on any atom is 0.449 e. The molecule has 104 valence electrons. The zero-order valence-corrected chi connectivity index (χ0v) is 9.58. The number of alkyl halides is 3. The maximum atomic E-state index is 13.9. The van der Waals surface area contributed by atoms with Gasteiger partial charge in [-0.2, -0.15) is 17.6 Å². The van der Waals surface area contributed by atoms with Crippen LogP contribution in [0.3, 0.4) is 0 Å². The molecular formula is C11H5F4N3O2. The van der Waals surface area contributed by atoms with Crippen molar-refractivity contribution in [2.45, 2.75) is 12.6 Å². The van der Waals surface area contributed by atoms with Crippen LogP contribution in [0, 0.1) is 28.3 Å². The van der Waals surface area contributed by atoms with Gasteiger partial charge in [0.05, 0.1) is 16.0 Å². The third-order valence-corrected chi connectivity index (χ3v) is 2.53. The van der Waals surface area contributed by atoms with Gasteiger partial charge < -0.3 is 4.98 Å². The third kappa shape index (κ3) is 2.16. The molecule has 0 aliphatic carbocycles. The van der Waals surface area contributed by atoms with Crippen molar-refractivity contribution >= 4 is 16.7 Å². The summed E-state index contributed by atoms with van der Waals surface area (Å²) in [6, 6.07) is 0.660. The molecule has 1 aromatic carbocycles. The fourth-order valence-corrected chi connectivity index (χ4v) is 1.71. The van der Waals surface area contributed by atoms with Gasteiger partial charge in [0, 0.05) is 18.1 Å². The molecular weight excluding hydrogens is 282 g/mol. The van der Waals surface area contributed by atoms with E-state index in [9.17, 15) is 27.7 Å². The van der Waals surface area contributed by atoms with Gasteiger partial charge in [-0.1, -0.05) is 0 Å². The van der Waals surface area contributed by atoms with Crippen LogP contribution in [0.1, 0.15) is 11.4 Å². The molecule has 0 saturated carbocycles. The van der Waals surface area contributed by atoms with E-state index in [2.05, 4.69) is 4.98 Å². The molecule has 2 aromatic rings. The number of terminal acetylenes is 1. The Hall–Kier alpha value is -2.63. The first-order chi connectivity index (χ1) is 9.25. The highest BCUT2D eigenvalue weighted by Gasteiger charge is 2.36. The van der Waals surface area contributed by atoms with Crippen molar-refractivity contribution in [3.63, 3.8) is 0 Å². The van der Waals surface area contributed by atoms with E-state index in [4.69, 9.17) is 6.42 Å². The number of hydrogen-bond donors (Lipinski definition) is 1. The van der Waals surface area contributed by atoms with Gasteiger partial charge in [0.25, 0.3) is 0 Å². The first kappa shape index (κ1) is 13.8. The predicted molar refractivity (Wildman–Crippen MR) is 60.2 cm³/mol. The van der Waals surface area contributed by atoms with Crippen molar-refractivity contribution in [2.24, 2.45) is 0 Å². The average molecular weight is 287 g/mol. The molecule has 0 unspecified atom stereocenters. The lowest BCUT2D eigenvalue weighted by atomic mass is 10.1. The molecule has 0 spiro atoms. The summed E-state index contributed by atoms with van der Waals surface area (Å²) in [6.07, 6.45) is -0.198. The summed E-state index contributed by atoms with van der Waals surface area (Å²) in [5.74, 6) is -0.614. The number of hydrogen-bond acceptors (Lipinski definition) is 3. The Labute approximate surface area is 108 Å². The molecule has 0 aliphatic rings. The highest BCUT2D eigenvalue weighted by Crippen LogP contribution is 2.33. The lowest BCUT2D eigenvalue weighted by molar-refractivity contribution is -0.387. The molecule has 5 nitrogen and oxygen atoms in total. The lowest BCUT2D eigenvalue weighted by Gasteiger charge is -2.01. The van der Waals surface area contributed by atoms with Crippen molar-refractivity contribution in [3.05, 3.63) is 33.4 Å². The largest absolute Gasteiger partial charge is 0.449 e. The number of rotatable bonds is 2. The van der Waals surface area contributed by atoms with Crippen molar-refractivity contribution in [1.82, 2.24) is 9.97 Å². The number of nitrogens with one attached hydrogen (secondary N) is 1. The number of halogens is 4. The number of nitrogens with zero attached hydrogens (tertiary/aromatic N) is 2. The van der Waals surface area contributed by atoms with E-state index in [-0.39, 0.29) is 11.0 Å². The molecule has 1 aromatic heterocycles. The molecule has 0 bridgehead atoms. The number of aromatic amines is 1. The second-order valence-corrected chi connectivity index (χ2v) is 3.81. The van der Waals surface area contributed by atoms with Crippen molar-refractivity contribution in [2.75, 3.05) is 0 Å². The predicted octanol–water partition coefficient (Wildman–Crippen LogP) is 2.80. The zero-order chi connectivity index (χ0) is 15.1. The summed E-state index contributed by atoms with van der Waals surface area (Å²) in [7, 11) is 0. The Morgan fingerprint density at radius 2 is 2.15 bits per heavy atom. The van der Waals surface area contributed by atoms with Crippen LogP contribution in [0.2, 0.25) is 0 Å². The highest BCUT2D eigenvalue weighted by atomic mass is 19.4. The molecule has 1 heterocycles. The van der Waals surface area contributed by atoms with E-state index >= 15 is 0 Å². The Balaban J connectivity index is 2.82. The second kappa shape index (κ2) is 4.48. The number of nitro groups is 1. The third-order valence-electron chi connectivity index (χ3n) is 2.53. The van der Waals surface area contributed by atoms with Crippen LogP contribution >= 0.6 is 0 Å². The molecule has 0 amide bonds. The van der Waals surface area contributed by atoms with Crippen LogP contribution in [-0.4, -0.2) is 14.9 Å². The molecule has 0 aliphatic heterocycles. The van der Waals surface area contributed by atoms with E-state index in [0.717, 1.165) is 0 Å². The highest BCUT2D eigenvalue weighted by molar-refractivity contribution is 5.82. The van der Waals surface area contributed by atoms with Crippen LogP contribution < -0.4 is 0 Å². The first-order valence-corrected chi connectivity index (χ1v) is 5.12. The van der Waals surface area contributed by atoms with Crippen LogP contribution in [-0.2, 0) is 12.6 Å². The first-order valence-electron chi connectivity index (χ1n) is 5.12. The lowest BCUT2D eigenvalue weighted by Crippen LogP contribution is -2.07. The summed E-state index contributed by atoms with van der Waals surface area (Å²) >= 11 is 0. The minimum atomic E-state index is -4.78. The molecule has 0 saturated heterocycles. The molecule has 20 heavy (non-hydrogen) atoms. The molecule has 0 fully saturated rings. The quantitative estimate of drug-likeness (QED) is 0.399. The van der Waals surface area contributed by atoms with Crippen LogP contribution in [0.15, 0.2) is 6.07 Å². The van der Waals surface area contributed by atoms with Crippen LogP contribution in [0.4, 0.5) is 23.2 Å². The van der Waals surface area contributed by atoms with Crippen molar-refractivity contribution in [3.8, 4) is 12.3 Å². The fraction of sp³-hybridized carbons (Fsp3) is 0.182. The number of nitro benzene ring substituents is 1. The SMILES string of the molecule is C#CCc1c(F)c([N+](=O)[O-])cc2[nH]c(C(F)(F)F)nc12. The summed E-state index contributed by atoms with van der Waals surface area (Å²) in [5, 5.41) is 10.7. The topological polar surface area (TPSA) is 71.8 Å². The van der Waals surface area contributed by atoms with Crippen LogP contribution in [0.5, 0.6) is 0 Å². The smallest absolute Gasteiger partial charge is 0.334 e. The van der Waals surface area contributed by atoms with Gasteiger partial charge in [-0.05, 0) is 0 Å². The normalized spacial score (nSPS) is 11.6. The summed E-state index contributed by atoms with van der Waals surface area (Å²) in [5.41, 5.74) is -2.03. The zero-order valence-electron chi connectivity index (χ0n) is 9.58. The second-order valence-electron chi connectivity index (χ2n) is 3.81. The molecule has 2 rings (SSSR count). The monoisotopic (exact) mass is 287 g/mol. The minimum absolute atomic E-state index is 0.296. The van der Waals surface area contributed by atoms with Crippen molar-refractivity contribution in [1.29, 1.82) is 0 Å². The van der Waals surface area contributed by atoms with E-state index in [1.165, 1.54) is 0 Å². The van der Waals surface area contributed by atoms with Gasteiger partial charge in [0.2, 0.25) is 11.6 Å². The number of imidazole rings is 1. The van der Waals surface area contributed by atoms with Crippen LogP contribution in [0.25, 0.3) is 11.0 Å². The summed E-state index contributed by atoms with van der Waals surface area (Å²) in [6.45, 7) is 0. The van der Waals surface area contributed by atoms with E-state index in [0.29, 0.717) is 6.07 Å². The Kier molecular flexibility index (Phi) is 3.09. The van der Waals surface area contributed by atoms with Gasteiger partial charge in [-0.15, -0.1) is 12.3 Å². The standard InChI is InChI=1S/C11H5F4N3O2/c1-2-3-5-8(12)7(18(19)20)4-6-9(5)17-10(16-6)11(13,14)15/h1,4H,3H2,(H,16,17). The van der Waals surface area contributed by atoms with E-state index < -0.39 is 40.4 Å². The fourth-order valence-electron chi connectivity index (χ4n) is 1.71. The van der Waals surface area contributed by atoms with E-state index in [1.54, 1.807) is 0 Å². The maximum absolute atomic E-state index is 13.9. The van der Waals surface area contributed by atoms with Gasteiger partial charge >= 0.3 is 11.9 Å². The van der Waals surface area contributed by atoms with Gasteiger partial charge in [-0.3, -0.25) is 10.1 Å². The number of aromatic nitrogens is 2. The van der Waals surface area contributed by atoms with Gasteiger partial charge in [0.15, 0.2) is 0 Å². The number of H-pyrrole nitrogens is 1. The van der Waals surface area contributed by atoms with Crippen molar-refractivity contribution < 1.29 is 22.5 Å². The Morgan fingerprint density at radius 1 is 1.50 bits per heavy atom. The van der Waals surface area contributed by atoms with Gasteiger partial charge in [0.1, 0.15) is 0 Å². The summed E-state index contributed by atoms with van der Waals surface area (Å²) < 4.78 is 51.5. The van der Waals surface area contributed by atoms with E-state index in [1.807, 2.05) is 10.9 Å². The molecule has 0 radical (unpaired) electrons. The number of fused-ring (bicyclic) bond motifs is 1. The average Bonchev–Trinajstić information content (AvgIpc) is 2.75. The molecule has 0 atom stereocenters. The molecule has 9 heteroatoms. The minimum Gasteiger partial charge on any atom is -0.334 e. The number of benzene rings is 1. The Bertz CT molecular complexity index is 743. The summed E-state index contributed by atoms with van der Waals surface area (Å²) in [4.78, 5) is 14.8.